The van der Waals surface area contributed by atoms with Gasteiger partial charge in [0.05, 0.1) is 0 Å². The zero-order valence-electron chi connectivity index (χ0n) is 12.1. The molecule has 0 aliphatic carbocycles. The number of nitrogens with one attached hydrogen (secondary N) is 1. The second-order valence-electron chi connectivity index (χ2n) is 6.41. The minimum Gasteiger partial charge on any atom is -0.381 e. The molecule has 0 saturated carbocycles. The molecule has 0 atom stereocenters. The maximum atomic E-state index is 5.63. The molecule has 2 nitrogen and oxygen atoms in total. The van der Waals surface area contributed by atoms with Crippen LogP contribution in [-0.4, -0.2) is 26.3 Å². The molecule has 0 saturated heterocycles. The van der Waals surface area contributed by atoms with Crippen LogP contribution in [0.15, 0.2) is 0 Å². The molecule has 0 radical (unpaired) electrons. The van der Waals surface area contributed by atoms with Crippen molar-refractivity contribution >= 4 is 0 Å². The van der Waals surface area contributed by atoms with Crippen LogP contribution < -0.4 is 5.32 Å². The summed E-state index contributed by atoms with van der Waals surface area (Å²) in [5.41, 5.74) is 0.339. The van der Waals surface area contributed by atoms with Crippen molar-refractivity contribution < 1.29 is 4.74 Å². The van der Waals surface area contributed by atoms with Crippen LogP contribution in [0.2, 0.25) is 0 Å². The average Bonchev–Trinajstić information content (AvgIpc) is 2.11. The standard InChI is InChI=1S/C14H31NO/c1-12(2)9-15-11-14(5,6)7-8-16-10-13(3)4/h12-13,15H,7-11H2,1-6H3. The second kappa shape index (κ2) is 8.08. The monoisotopic (exact) mass is 229 g/mol. The number of hydrogen-bond acceptors (Lipinski definition) is 2. The molecule has 16 heavy (non-hydrogen) atoms. The summed E-state index contributed by atoms with van der Waals surface area (Å²) < 4.78 is 5.63. The third-order valence-corrected chi connectivity index (χ3v) is 2.53. The van der Waals surface area contributed by atoms with Crippen molar-refractivity contribution in [2.24, 2.45) is 17.3 Å². The van der Waals surface area contributed by atoms with Gasteiger partial charge in [-0.15, -0.1) is 0 Å². The zero-order chi connectivity index (χ0) is 12.6. The highest BCUT2D eigenvalue weighted by molar-refractivity contribution is 4.71. The van der Waals surface area contributed by atoms with Gasteiger partial charge in [-0.1, -0.05) is 41.5 Å². The Morgan fingerprint density at radius 3 is 2.19 bits per heavy atom. The molecule has 0 aromatic rings. The highest BCUT2D eigenvalue weighted by atomic mass is 16.5. The van der Waals surface area contributed by atoms with Crippen LogP contribution in [0.4, 0.5) is 0 Å². The normalized spacial score (nSPS) is 12.8. The first-order valence-corrected chi connectivity index (χ1v) is 6.62. The molecule has 0 unspecified atom stereocenters. The van der Waals surface area contributed by atoms with Crippen LogP contribution in [-0.2, 0) is 4.74 Å². The molecule has 0 aliphatic heterocycles. The van der Waals surface area contributed by atoms with Gasteiger partial charge in [-0.2, -0.15) is 0 Å². The summed E-state index contributed by atoms with van der Waals surface area (Å²) in [7, 11) is 0. The fourth-order valence-electron chi connectivity index (χ4n) is 1.46. The van der Waals surface area contributed by atoms with E-state index in [-0.39, 0.29) is 0 Å². The Kier molecular flexibility index (Phi) is 8.04. The van der Waals surface area contributed by atoms with Gasteiger partial charge in [0.15, 0.2) is 0 Å². The van der Waals surface area contributed by atoms with Gasteiger partial charge in [-0.05, 0) is 30.2 Å². The molecule has 0 aliphatic rings. The van der Waals surface area contributed by atoms with E-state index in [1.165, 1.54) is 0 Å². The molecule has 1 N–H and O–H groups in total. The van der Waals surface area contributed by atoms with Crippen LogP contribution in [0.1, 0.15) is 48.0 Å². The summed E-state index contributed by atoms with van der Waals surface area (Å²) in [5, 5.41) is 3.52. The number of rotatable bonds is 9. The van der Waals surface area contributed by atoms with Crippen molar-refractivity contribution in [3.8, 4) is 0 Å². The van der Waals surface area contributed by atoms with Crippen molar-refractivity contribution in [2.75, 3.05) is 26.3 Å². The fourth-order valence-corrected chi connectivity index (χ4v) is 1.46. The molecule has 0 rings (SSSR count). The second-order valence-corrected chi connectivity index (χ2v) is 6.41. The highest BCUT2D eigenvalue weighted by Gasteiger charge is 2.17. The van der Waals surface area contributed by atoms with E-state index in [1.54, 1.807) is 0 Å². The van der Waals surface area contributed by atoms with E-state index in [1.807, 2.05) is 0 Å². The Morgan fingerprint density at radius 1 is 1.06 bits per heavy atom. The molecular formula is C14H31NO. The quantitative estimate of drug-likeness (QED) is 0.612. The van der Waals surface area contributed by atoms with Crippen LogP contribution >= 0.6 is 0 Å². The van der Waals surface area contributed by atoms with Crippen molar-refractivity contribution in [1.82, 2.24) is 5.32 Å². The zero-order valence-corrected chi connectivity index (χ0v) is 12.1. The average molecular weight is 229 g/mol. The maximum absolute atomic E-state index is 5.63. The fraction of sp³-hybridized carbons (Fsp3) is 1.00. The first-order valence-electron chi connectivity index (χ1n) is 6.62. The summed E-state index contributed by atoms with van der Waals surface area (Å²) in [5.74, 6) is 1.37. The maximum Gasteiger partial charge on any atom is 0.0488 e. The predicted molar refractivity (Wildman–Crippen MR) is 71.8 cm³/mol. The first kappa shape index (κ1) is 15.9. The van der Waals surface area contributed by atoms with Gasteiger partial charge in [-0.25, -0.2) is 0 Å². The lowest BCUT2D eigenvalue weighted by Gasteiger charge is -2.25. The molecule has 0 fully saturated rings. The first-order chi connectivity index (χ1) is 7.33. The lowest BCUT2D eigenvalue weighted by molar-refractivity contribution is 0.0842. The Bertz CT molecular complexity index is 164. The Labute approximate surface area is 102 Å². The summed E-state index contributed by atoms with van der Waals surface area (Å²) in [6, 6.07) is 0. The molecule has 0 spiro atoms. The van der Waals surface area contributed by atoms with Crippen LogP contribution in [0, 0.1) is 17.3 Å². The van der Waals surface area contributed by atoms with Gasteiger partial charge < -0.3 is 10.1 Å². The third-order valence-electron chi connectivity index (χ3n) is 2.53. The van der Waals surface area contributed by atoms with Gasteiger partial charge in [0.2, 0.25) is 0 Å². The molecular weight excluding hydrogens is 198 g/mol. The summed E-state index contributed by atoms with van der Waals surface area (Å²) in [6.07, 6.45) is 1.13. The van der Waals surface area contributed by atoms with E-state index in [2.05, 4.69) is 46.9 Å². The summed E-state index contributed by atoms with van der Waals surface area (Å²) in [4.78, 5) is 0. The van der Waals surface area contributed by atoms with Gasteiger partial charge in [0.1, 0.15) is 0 Å². The van der Waals surface area contributed by atoms with Crippen molar-refractivity contribution in [3.05, 3.63) is 0 Å². The molecule has 98 valence electrons. The predicted octanol–water partition coefficient (Wildman–Crippen LogP) is 3.32. The molecule has 0 bridgehead atoms. The van der Waals surface area contributed by atoms with Crippen molar-refractivity contribution in [3.63, 3.8) is 0 Å². The third kappa shape index (κ3) is 10.4. The molecule has 0 heterocycles. The lowest BCUT2D eigenvalue weighted by atomic mass is 9.89. The van der Waals surface area contributed by atoms with Crippen molar-refractivity contribution in [1.29, 1.82) is 0 Å². The Morgan fingerprint density at radius 2 is 1.69 bits per heavy atom. The smallest absolute Gasteiger partial charge is 0.0488 e. The van der Waals surface area contributed by atoms with E-state index in [4.69, 9.17) is 4.74 Å². The summed E-state index contributed by atoms with van der Waals surface area (Å²) >= 11 is 0. The molecule has 0 amide bonds. The van der Waals surface area contributed by atoms with E-state index in [0.29, 0.717) is 11.3 Å². The highest BCUT2D eigenvalue weighted by Crippen LogP contribution is 2.19. The largest absolute Gasteiger partial charge is 0.381 e. The topological polar surface area (TPSA) is 21.3 Å². The lowest BCUT2D eigenvalue weighted by Crippen LogP contribution is -2.32. The van der Waals surface area contributed by atoms with Gasteiger partial charge >= 0.3 is 0 Å². The molecule has 0 aromatic carbocycles. The molecule has 2 heteroatoms. The number of hydrogen-bond donors (Lipinski definition) is 1. The van der Waals surface area contributed by atoms with Gasteiger partial charge in [0.25, 0.3) is 0 Å². The summed E-state index contributed by atoms with van der Waals surface area (Å²) in [6.45, 7) is 17.4. The molecule has 0 aromatic heterocycles. The number of ether oxygens (including phenoxy) is 1. The van der Waals surface area contributed by atoms with E-state index in [9.17, 15) is 0 Å². The van der Waals surface area contributed by atoms with Crippen LogP contribution in [0.3, 0.4) is 0 Å². The SMILES string of the molecule is CC(C)CNCC(C)(C)CCOCC(C)C. The van der Waals surface area contributed by atoms with Gasteiger partial charge in [0, 0.05) is 19.8 Å². The van der Waals surface area contributed by atoms with Crippen LogP contribution in [0.25, 0.3) is 0 Å². The minimum absolute atomic E-state index is 0.339. The van der Waals surface area contributed by atoms with E-state index < -0.39 is 0 Å². The minimum atomic E-state index is 0.339. The Balaban J connectivity index is 3.53. The van der Waals surface area contributed by atoms with Gasteiger partial charge in [-0.3, -0.25) is 0 Å². The van der Waals surface area contributed by atoms with Crippen molar-refractivity contribution in [2.45, 2.75) is 48.0 Å². The van der Waals surface area contributed by atoms with Crippen LogP contribution in [0.5, 0.6) is 0 Å². The van der Waals surface area contributed by atoms with E-state index >= 15 is 0 Å². The van der Waals surface area contributed by atoms with E-state index in [0.717, 1.165) is 38.6 Å². The Hall–Kier alpha value is -0.0800.